The number of rotatable bonds is 13. The summed E-state index contributed by atoms with van der Waals surface area (Å²) in [4.78, 5) is 41.8. The summed E-state index contributed by atoms with van der Waals surface area (Å²) < 4.78 is 10.8. The summed E-state index contributed by atoms with van der Waals surface area (Å²) in [5, 5.41) is 12.8. The van der Waals surface area contributed by atoms with E-state index < -0.39 is 23.6 Å². The minimum atomic E-state index is -0.888. The molecule has 3 rings (SSSR count). The Morgan fingerprint density at radius 3 is 2.22 bits per heavy atom. The number of epoxide rings is 1. The molecular formula is C32H49N3O6. The number of allylic oxidation sites excluding steroid dienone is 4. The van der Waals surface area contributed by atoms with Crippen LogP contribution in [0.1, 0.15) is 46.6 Å². The molecular weight excluding hydrogens is 522 g/mol. The van der Waals surface area contributed by atoms with Crippen LogP contribution in [0.5, 0.6) is 0 Å². The predicted octanol–water partition coefficient (Wildman–Crippen LogP) is 2.99. The van der Waals surface area contributed by atoms with Crippen LogP contribution in [0.4, 0.5) is 0 Å². The molecule has 9 heteroatoms. The molecule has 2 aliphatic rings. The second-order valence-electron chi connectivity index (χ2n) is 9.89. The third kappa shape index (κ3) is 12.9. The number of Topliss-reactive ketones (excluding diaryl/α,β-unsaturated/α-hetero) is 1. The Morgan fingerprint density at radius 1 is 1.07 bits per heavy atom. The minimum absolute atomic E-state index is 0.170. The summed E-state index contributed by atoms with van der Waals surface area (Å²) in [5.74, 6) is -0.821. The number of ether oxygens (including phenoxy) is 2. The largest absolute Gasteiger partial charge is 0.400 e. The van der Waals surface area contributed by atoms with E-state index in [0.717, 1.165) is 23.8 Å². The van der Waals surface area contributed by atoms with Crippen molar-refractivity contribution in [1.29, 1.82) is 0 Å². The zero-order chi connectivity index (χ0) is 30.8. The van der Waals surface area contributed by atoms with Crippen molar-refractivity contribution in [1.82, 2.24) is 15.5 Å². The van der Waals surface area contributed by atoms with Gasteiger partial charge in [0.1, 0.15) is 11.6 Å². The van der Waals surface area contributed by atoms with Gasteiger partial charge < -0.3 is 25.2 Å². The second kappa shape index (κ2) is 19.1. The number of aliphatic hydroxyl groups is 1. The Morgan fingerprint density at radius 2 is 1.68 bits per heavy atom. The number of hydrogen-bond donors (Lipinski definition) is 3. The third-order valence-electron chi connectivity index (χ3n) is 6.53. The highest BCUT2D eigenvalue weighted by Crippen LogP contribution is 2.29. The summed E-state index contributed by atoms with van der Waals surface area (Å²) in [6.45, 7) is 16.4. The molecule has 2 heterocycles. The van der Waals surface area contributed by atoms with Crippen LogP contribution in [0, 0.1) is 0 Å². The first-order chi connectivity index (χ1) is 19.7. The fourth-order valence-corrected chi connectivity index (χ4v) is 4.13. The maximum Gasteiger partial charge on any atom is 0.243 e. The number of nitrogens with zero attached hydrogens (tertiary/aromatic N) is 1. The number of hydrogen-bond acceptors (Lipinski definition) is 7. The van der Waals surface area contributed by atoms with Gasteiger partial charge in [0.25, 0.3) is 0 Å². The lowest BCUT2D eigenvalue weighted by Crippen LogP contribution is -2.55. The predicted molar refractivity (Wildman–Crippen MR) is 162 cm³/mol. The highest BCUT2D eigenvalue weighted by atomic mass is 16.6. The van der Waals surface area contributed by atoms with Crippen LogP contribution in [-0.4, -0.2) is 91.9 Å². The van der Waals surface area contributed by atoms with Gasteiger partial charge in [0, 0.05) is 26.6 Å². The number of carbonyl (C=O) groups is 3. The van der Waals surface area contributed by atoms with Crippen LogP contribution < -0.4 is 10.6 Å². The average molecular weight is 572 g/mol. The lowest BCUT2D eigenvalue weighted by atomic mass is 9.94. The number of amides is 2. The first-order valence-electron chi connectivity index (χ1n) is 14.3. The Labute approximate surface area is 245 Å². The second-order valence-corrected chi connectivity index (χ2v) is 9.89. The molecule has 3 atom stereocenters. The lowest BCUT2D eigenvalue weighted by molar-refractivity contribution is -0.133. The molecule has 41 heavy (non-hydrogen) atoms. The zero-order valence-electron chi connectivity index (χ0n) is 25.6. The fraction of sp³-hybridized carbons (Fsp3) is 0.531. The molecule has 2 aliphatic heterocycles. The van der Waals surface area contributed by atoms with Gasteiger partial charge >= 0.3 is 0 Å². The standard InChI is InChI=1S/C29H39N3O5.C2H6.CH4O/c1-5-22(12-11-21(2)3)17-25(30-26(33)19-32-13-15-36-16-14-32)28(35)31-24(27(34)29(4)20-37-29)18-23-9-7-6-8-10-23;2*1-2/h5-12,24-25H,2,13-20H2,1,3-4H3,(H,30,33)(H,31,35);1-2H3;2H,1H3/b12-11-,22-5+;;/t24?,25-,29+;;/m0../s1. The Balaban J connectivity index is 0.00000201. The number of carbonyl (C=O) groups excluding carboxylic acids is 3. The summed E-state index contributed by atoms with van der Waals surface area (Å²) in [6, 6.07) is 7.91. The van der Waals surface area contributed by atoms with E-state index in [9.17, 15) is 14.4 Å². The Kier molecular flexibility index (Phi) is 16.7. The average Bonchev–Trinajstić information content (AvgIpc) is 3.75. The van der Waals surface area contributed by atoms with Crippen LogP contribution in [-0.2, 0) is 30.3 Å². The first kappa shape index (κ1) is 35.9. The van der Waals surface area contributed by atoms with E-state index in [1.807, 2.05) is 81.2 Å². The van der Waals surface area contributed by atoms with Gasteiger partial charge in [-0.25, -0.2) is 0 Å². The fourth-order valence-electron chi connectivity index (χ4n) is 4.13. The molecule has 1 aromatic rings. The van der Waals surface area contributed by atoms with Crippen molar-refractivity contribution in [2.24, 2.45) is 0 Å². The van der Waals surface area contributed by atoms with E-state index >= 15 is 0 Å². The maximum absolute atomic E-state index is 13.6. The van der Waals surface area contributed by atoms with E-state index in [1.165, 1.54) is 0 Å². The first-order valence-corrected chi connectivity index (χ1v) is 14.3. The molecule has 1 unspecified atom stereocenters. The van der Waals surface area contributed by atoms with Gasteiger partial charge in [-0.15, -0.1) is 0 Å². The van der Waals surface area contributed by atoms with Crippen LogP contribution in [0.3, 0.4) is 0 Å². The molecule has 0 bridgehead atoms. The summed E-state index contributed by atoms with van der Waals surface area (Å²) in [7, 11) is 1.00. The summed E-state index contributed by atoms with van der Waals surface area (Å²) in [6.07, 6.45) is 6.28. The van der Waals surface area contributed by atoms with Crippen LogP contribution in [0.15, 0.2) is 66.3 Å². The van der Waals surface area contributed by atoms with E-state index in [0.29, 0.717) is 39.3 Å². The van der Waals surface area contributed by atoms with Crippen molar-refractivity contribution in [3.8, 4) is 0 Å². The van der Waals surface area contributed by atoms with Crippen LogP contribution in [0.25, 0.3) is 0 Å². The van der Waals surface area contributed by atoms with Crippen LogP contribution >= 0.6 is 0 Å². The molecule has 0 spiro atoms. The topological polar surface area (TPSA) is 121 Å². The molecule has 2 fully saturated rings. The molecule has 2 amide bonds. The van der Waals surface area contributed by atoms with Crippen molar-refractivity contribution in [3.05, 3.63) is 71.8 Å². The highest BCUT2D eigenvalue weighted by molar-refractivity contribution is 5.98. The van der Waals surface area contributed by atoms with Gasteiger partial charge in [0.05, 0.1) is 32.4 Å². The Bertz CT molecular complexity index is 1030. The Hall–Kier alpha value is -3.11. The molecule has 3 N–H and O–H groups in total. The van der Waals surface area contributed by atoms with E-state index in [1.54, 1.807) is 6.92 Å². The molecule has 228 valence electrons. The third-order valence-corrected chi connectivity index (χ3v) is 6.53. The molecule has 0 radical (unpaired) electrons. The highest BCUT2D eigenvalue weighted by Gasteiger charge is 2.50. The van der Waals surface area contributed by atoms with Crippen molar-refractivity contribution < 1.29 is 29.0 Å². The normalized spacial score (nSPS) is 19.9. The smallest absolute Gasteiger partial charge is 0.243 e. The molecule has 2 saturated heterocycles. The van der Waals surface area contributed by atoms with Crippen molar-refractivity contribution in [3.63, 3.8) is 0 Å². The number of benzene rings is 1. The van der Waals surface area contributed by atoms with Crippen molar-refractivity contribution in [2.75, 3.05) is 46.6 Å². The minimum Gasteiger partial charge on any atom is -0.400 e. The van der Waals surface area contributed by atoms with E-state index in [2.05, 4.69) is 17.2 Å². The lowest BCUT2D eigenvalue weighted by Gasteiger charge is -2.28. The number of morpholine rings is 1. The molecule has 0 saturated carbocycles. The summed E-state index contributed by atoms with van der Waals surface area (Å²) >= 11 is 0. The number of ketones is 1. The van der Waals surface area contributed by atoms with Crippen LogP contribution in [0.2, 0.25) is 0 Å². The maximum atomic E-state index is 13.6. The SMILES string of the molecule is C=C(C)/C=C\C(=C/C)C[C@H](NC(=O)CN1CCOCC1)C(=O)NC(Cc1ccccc1)C(=O)[C@@]1(C)CO1.CC.CO. The quantitative estimate of drug-likeness (QED) is 0.246. The number of nitrogens with one attached hydrogen (secondary N) is 2. The van der Waals surface area contributed by atoms with Gasteiger partial charge in [0.15, 0.2) is 5.78 Å². The monoisotopic (exact) mass is 571 g/mol. The zero-order valence-corrected chi connectivity index (χ0v) is 25.6. The molecule has 9 nitrogen and oxygen atoms in total. The van der Waals surface area contributed by atoms with E-state index in [-0.39, 0.29) is 24.7 Å². The van der Waals surface area contributed by atoms with Crippen molar-refractivity contribution in [2.45, 2.75) is 65.1 Å². The summed E-state index contributed by atoms with van der Waals surface area (Å²) in [5.41, 5.74) is 1.79. The van der Waals surface area contributed by atoms with Gasteiger partial charge in [-0.2, -0.15) is 0 Å². The van der Waals surface area contributed by atoms with E-state index in [4.69, 9.17) is 14.6 Å². The molecule has 1 aromatic carbocycles. The molecule has 0 aliphatic carbocycles. The van der Waals surface area contributed by atoms with Crippen molar-refractivity contribution >= 4 is 17.6 Å². The number of aliphatic hydroxyl groups excluding tert-OH is 1. The van der Waals surface area contributed by atoms with Gasteiger partial charge in [-0.1, -0.05) is 74.6 Å². The van der Waals surface area contributed by atoms with Gasteiger partial charge in [-0.3, -0.25) is 19.3 Å². The van der Waals surface area contributed by atoms with Gasteiger partial charge in [-0.05, 0) is 38.3 Å². The van der Waals surface area contributed by atoms with Gasteiger partial charge in [0.2, 0.25) is 11.8 Å². The molecule has 0 aromatic heterocycles.